The minimum absolute atomic E-state index is 0.243. The van der Waals surface area contributed by atoms with E-state index in [1.807, 2.05) is 24.3 Å². The van der Waals surface area contributed by atoms with E-state index >= 15 is 0 Å². The summed E-state index contributed by atoms with van der Waals surface area (Å²) < 4.78 is 0. The minimum Gasteiger partial charge on any atom is -0.340 e. The normalized spacial score (nSPS) is 10.7. The molecule has 0 aliphatic carbocycles. The molecule has 4 nitrogen and oxygen atoms in total. The lowest BCUT2D eigenvalue weighted by molar-refractivity contribution is 0.102. The van der Waals surface area contributed by atoms with Crippen molar-refractivity contribution in [3.05, 3.63) is 58.5 Å². The number of benzene rings is 1. The number of hydrogen-bond acceptors (Lipinski definition) is 2. The van der Waals surface area contributed by atoms with Crippen LogP contribution < -0.4 is 5.32 Å². The van der Waals surface area contributed by atoms with Crippen LogP contribution >= 0.6 is 23.2 Å². The number of carbonyl (C=O) groups is 1. The van der Waals surface area contributed by atoms with Crippen LogP contribution in [0.1, 0.15) is 10.5 Å². The predicted molar refractivity (Wildman–Crippen MR) is 80.5 cm³/mol. The molecule has 0 unspecified atom stereocenters. The summed E-state index contributed by atoms with van der Waals surface area (Å²) >= 11 is 11.6. The van der Waals surface area contributed by atoms with Crippen LogP contribution in [0.2, 0.25) is 10.2 Å². The standard InChI is InChI=1S/C14H9Cl2N3O/c15-9-7-11(18-13(9)16)14(20)19-10-5-1-3-8-4-2-6-17-12(8)10/h1-7,18H,(H,19,20). The number of hydrogen-bond donors (Lipinski definition) is 2. The molecule has 0 bridgehead atoms. The molecule has 6 heteroatoms. The van der Waals surface area contributed by atoms with Gasteiger partial charge in [-0.05, 0) is 18.2 Å². The summed E-state index contributed by atoms with van der Waals surface area (Å²) in [6, 6.07) is 10.8. The van der Waals surface area contributed by atoms with Crippen molar-refractivity contribution in [1.29, 1.82) is 0 Å². The van der Waals surface area contributed by atoms with E-state index in [1.165, 1.54) is 6.07 Å². The van der Waals surface area contributed by atoms with Crippen molar-refractivity contribution in [1.82, 2.24) is 9.97 Å². The number of aromatic nitrogens is 2. The van der Waals surface area contributed by atoms with Crippen molar-refractivity contribution in [2.75, 3.05) is 5.32 Å². The first kappa shape index (κ1) is 13.0. The van der Waals surface area contributed by atoms with Gasteiger partial charge < -0.3 is 10.3 Å². The van der Waals surface area contributed by atoms with Crippen molar-refractivity contribution in [2.24, 2.45) is 0 Å². The molecule has 0 spiro atoms. The van der Waals surface area contributed by atoms with Crippen LogP contribution in [-0.4, -0.2) is 15.9 Å². The second-order valence-electron chi connectivity index (χ2n) is 4.18. The van der Waals surface area contributed by atoms with E-state index in [-0.39, 0.29) is 11.1 Å². The molecule has 100 valence electrons. The molecule has 2 heterocycles. The molecule has 3 aromatic rings. The molecule has 20 heavy (non-hydrogen) atoms. The summed E-state index contributed by atoms with van der Waals surface area (Å²) in [5.41, 5.74) is 1.66. The van der Waals surface area contributed by atoms with Gasteiger partial charge in [0, 0.05) is 11.6 Å². The molecule has 0 atom stereocenters. The molecule has 0 saturated heterocycles. The van der Waals surface area contributed by atoms with Crippen molar-refractivity contribution in [3.63, 3.8) is 0 Å². The number of pyridine rings is 1. The topological polar surface area (TPSA) is 57.8 Å². The highest BCUT2D eigenvalue weighted by molar-refractivity contribution is 6.41. The van der Waals surface area contributed by atoms with Gasteiger partial charge in [0.1, 0.15) is 10.8 Å². The van der Waals surface area contributed by atoms with Crippen LogP contribution in [0.15, 0.2) is 42.6 Å². The first-order valence-corrected chi connectivity index (χ1v) is 6.60. The molecule has 2 aromatic heterocycles. The Balaban J connectivity index is 1.95. The highest BCUT2D eigenvalue weighted by Crippen LogP contribution is 2.24. The maximum atomic E-state index is 12.1. The van der Waals surface area contributed by atoms with Gasteiger partial charge in [-0.2, -0.15) is 0 Å². The van der Waals surface area contributed by atoms with Crippen molar-refractivity contribution in [2.45, 2.75) is 0 Å². The summed E-state index contributed by atoms with van der Waals surface area (Å²) in [7, 11) is 0. The highest BCUT2D eigenvalue weighted by Gasteiger charge is 2.13. The van der Waals surface area contributed by atoms with Crippen LogP contribution in [0.3, 0.4) is 0 Å². The molecule has 2 N–H and O–H groups in total. The van der Waals surface area contributed by atoms with Gasteiger partial charge in [-0.25, -0.2) is 0 Å². The molecule has 0 radical (unpaired) electrons. The van der Waals surface area contributed by atoms with E-state index in [0.29, 0.717) is 16.4 Å². The third-order valence-electron chi connectivity index (χ3n) is 2.85. The van der Waals surface area contributed by atoms with E-state index < -0.39 is 0 Å². The number of amides is 1. The number of rotatable bonds is 2. The van der Waals surface area contributed by atoms with E-state index in [1.54, 1.807) is 12.3 Å². The third kappa shape index (κ3) is 2.35. The Morgan fingerprint density at radius 1 is 1.20 bits per heavy atom. The maximum absolute atomic E-state index is 12.1. The zero-order valence-corrected chi connectivity index (χ0v) is 11.7. The molecule has 1 amide bonds. The average Bonchev–Trinajstić information content (AvgIpc) is 2.79. The van der Waals surface area contributed by atoms with Gasteiger partial charge in [-0.1, -0.05) is 41.4 Å². The Morgan fingerprint density at radius 3 is 2.75 bits per heavy atom. The first-order valence-electron chi connectivity index (χ1n) is 5.84. The van der Waals surface area contributed by atoms with Crippen molar-refractivity contribution < 1.29 is 4.79 Å². The molecule has 3 rings (SSSR count). The second-order valence-corrected chi connectivity index (χ2v) is 4.96. The summed E-state index contributed by atoms with van der Waals surface area (Å²) in [5.74, 6) is -0.322. The number of nitrogens with one attached hydrogen (secondary N) is 2. The van der Waals surface area contributed by atoms with Crippen LogP contribution in [0.4, 0.5) is 5.69 Å². The number of anilines is 1. The monoisotopic (exact) mass is 305 g/mol. The number of nitrogens with zero attached hydrogens (tertiary/aromatic N) is 1. The molecule has 0 saturated carbocycles. The van der Waals surface area contributed by atoms with E-state index in [2.05, 4.69) is 15.3 Å². The summed E-state index contributed by atoms with van der Waals surface area (Å²) in [6.07, 6.45) is 1.68. The van der Waals surface area contributed by atoms with Gasteiger partial charge >= 0.3 is 0 Å². The average molecular weight is 306 g/mol. The summed E-state index contributed by atoms with van der Waals surface area (Å²) in [5, 5.41) is 4.30. The summed E-state index contributed by atoms with van der Waals surface area (Å²) in [6.45, 7) is 0. The maximum Gasteiger partial charge on any atom is 0.272 e. The predicted octanol–water partition coefficient (Wildman–Crippen LogP) is 4.12. The molecular formula is C14H9Cl2N3O. The van der Waals surface area contributed by atoms with Crippen LogP contribution in [0.25, 0.3) is 10.9 Å². The molecule has 0 aliphatic heterocycles. The van der Waals surface area contributed by atoms with Gasteiger partial charge in [-0.15, -0.1) is 0 Å². The minimum atomic E-state index is -0.322. The Bertz CT molecular complexity index is 773. The van der Waals surface area contributed by atoms with Crippen LogP contribution in [0.5, 0.6) is 0 Å². The number of aromatic amines is 1. The highest BCUT2D eigenvalue weighted by atomic mass is 35.5. The van der Waals surface area contributed by atoms with E-state index in [0.717, 1.165) is 10.9 Å². The fraction of sp³-hybridized carbons (Fsp3) is 0. The first-order chi connectivity index (χ1) is 9.65. The Hall–Kier alpha value is -2.04. The van der Waals surface area contributed by atoms with Gasteiger partial charge in [0.25, 0.3) is 5.91 Å². The second kappa shape index (κ2) is 5.15. The van der Waals surface area contributed by atoms with Crippen LogP contribution in [-0.2, 0) is 0 Å². The molecule has 0 aliphatic rings. The van der Waals surface area contributed by atoms with Gasteiger partial charge in [-0.3, -0.25) is 9.78 Å². The Morgan fingerprint density at radius 2 is 2.00 bits per heavy atom. The Kier molecular flexibility index (Phi) is 3.34. The quantitative estimate of drug-likeness (QED) is 0.748. The number of para-hydroxylation sites is 1. The lowest BCUT2D eigenvalue weighted by Gasteiger charge is -2.06. The number of fused-ring (bicyclic) bond motifs is 1. The molecule has 1 aromatic carbocycles. The SMILES string of the molecule is O=C(Nc1cccc2cccnc12)c1cc(Cl)c(Cl)[nH]1. The summed E-state index contributed by atoms with van der Waals surface area (Å²) in [4.78, 5) is 19.1. The smallest absolute Gasteiger partial charge is 0.272 e. The number of halogens is 2. The van der Waals surface area contributed by atoms with E-state index in [4.69, 9.17) is 23.2 Å². The lowest BCUT2D eigenvalue weighted by Crippen LogP contribution is -2.12. The fourth-order valence-electron chi connectivity index (χ4n) is 1.92. The fourth-order valence-corrected chi connectivity index (χ4v) is 2.23. The van der Waals surface area contributed by atoms with Crippen molar-refractivity contribution in [3.8, 4) is 0 Å². The van der Waals surface area contributed by atoms with Gasteiger partial charge in [0.05, 0.1) is 16.2 Å². The number of H-pyrrole nitrogens is 1. The molecule has 0 fully saturated rings. The Labute approximate surface area is 124 Å². The van der Waals surface area contributed by atoms with Crippen molar-refractivity contribution >= 4 is 45.7 Å². The van der Waals surface area contributed by atoms with Gasteiger partial charge in [0.2, 0.25) is 0 Å². The van der Waals surface area contributed by atoms with Gasteiger partial charge in [0.15, 0.2) is 0 Å². The zero-order chi connectivity index (χ0) is 14.1. The van der Waals surface area contributed by atoms with E-state index in [9.17, 15) is 4.79 Å². The molecular weight excluding hydrogens is 297 g/mol. The number of carbonyl (C=O) groups excluding carboxylic acids is 1. The largest absolute Gasteiger partial charge is 0.340 e. The lowest BCUT2D eigenvalue weighted by atomic mass is 10.2. The zero-order valence-electron chi connectivity index (χ0n) is 10.2. The van der Waals surface area contributed by atoms with Crippen LogP contribution in [0, 0.1) is 0 Å². The third-order valence-corrected chi connectivity index (χ3v) is 3.54.